The molecule has 2 heterocycles. The van der Waals surface area contributed by atoms with Crippen molar-refractivity contribution >= 4 is 27.6 Å². The van der Waals surface area contributed by atoms with Crippen LogP contribution in [-0.2, 0) is 0 Å². The summed E-state index contributed by atoms with van der Waals surface area (Å²) in [4.78, 5) is 16.9. The first-order valence-electron chi connectivity index (χ1n) is 9.14. The summed E-state index contributed by atoms with van der Waals surface area (Å²) in [6.07, 6.45) is 0. The zero-order valence-corrected chi connectivity index (χ0v) is 15.9. The van der Waals surface area contributed by atoms with Gasteiger partial charge >= 0.3 is 0 Å². The van der Waals surface area contributed by atoms with E-state index in [1.165, 1.54) is 0 Å². The number of nitroso groups, excluding NO2 is 1. The number of aromatic nitrogens is 2. The van der Waals surface area contributed by atoms with Crippen LogP contribution in [0.5, 0.6) is 11.5 Å². The Morgan fingerprint density at radius 3 is 2.28 bits per heavy atom. The van der Waals surface area contributed by atoms with Crippen molar-refractivity contribution in [2.45, 2.75) is 0 Å². The van der Waals surface area contributed by atoms with Gasteiger partial charge in [0.1, 0.15) is 0 Å². The standard InChI is InChI=1S/C23H17N3O3/c1-28-19-12-16-17(13-20(19)29-2)24-22-15-10-6-7-11-18(15)26(23(25-27)21(16)22)14-8-4-3-5-9-14/h3-13H,1-2H3. The lowest BCUT2D eigenvalue weighted by Gasteiger charge is -2.17. The van der Waals surface area contributed by atoms with Crippen LogP contribution in [-0.4, -0.2) is 23.8 Å². The summed E-state index contributed by atoms with van der Waals surface area (Å²) in [5.41, 5.74) is 3.86. The SMILES string of the molecule is COc1cc2nc3c4ccccc4n(-c4ccccc4)c(N=O)c-3c2cc1OC. The Balaban J connectivity index is 2.02. The second-order valence-electron chi connectivity index (χ2n) is 6.66. The minimum absolute atomic E-state index is 0.305. The van der Waals surface area contributed by atoms with Crippen LogP contribution < -0.4 is 9.47 Å². The number of hydrogen-bond acceptors (Lipinski definition) is 5. The molecular formula is C23H17N3O3. The minimum atomic E-state index is 0.305. The van der Waals surface area contributed by atoms with E-state index in [0.717, 1.165) is 33.2 Å². The van der Waals surface area contributed by atoms with E-state index in [-0.39, 0.29) is 0 Å². The van der Waals surface area contributed by atoms with Gasteiger partial charge in [0.25, 0.3) is 0 Å². The second kappa shape index (κ2) is 6.60. The lowest BCUT2D eigenvalue weighted by molar-refractivity contribution is 0.356. The molecule has 142 valence electrons. The van der Waals surface area contributed by atoms with Gasteiger partial charge in [0.05, 0.1) is 36.5 Å². The molecule has 0 N–H and O–H groups in total. The van der Waals surface area contributed by atoms with Crippen LogP contribution in [0.25, 0.3) is 38.8 Å². The van der Waals surface area contributed by atoms with Crippen molar-refractivity contribution in [2.24, 2.45) is 5.18 Å². The van der Waals surface area contributed by atoms with Crippen LogP contribution >= 0.6 is 0 Å². The molecule has 0 bridgehead atoms. The monoisotopic (exact) mass is 383 g/mol. The molecule has 3 aromatic rings. The van der Waals surface area contributed by atoms with Crippen LogP contribution in [0.3, 0.4) is 0 Å². The van der Waals surface area contributed by atoms with E-state index in [1.807, 2.05) is 71.3 Å². The maximum atomic E-state index is 12.1. The average Bonchev–Trinajstić information content (AvgIpc) is 3.16. The lowest BCUT2D eigenvalue weighted by Crippen LogP contribution is -2.01. The maximum Gasteiger partial charge on any atom is 0.192 e. The number of rotatable bonds is 4. The van der Waals surface area contributed by atoms with Gasteiger partial charge in [-0.1, -0.05) is 36.4 Å². The quantitative estimate of drug-likeness (QED) is 0.374. The van der Waals surface area contributed by atoms with Gasteiger partial charge in [0.15, 0.2) is 17.3 Å². The molecule has 0 unspecified atom stereocenters. The molecule has 0 aromatic heterocycles. The predicted molar refractivity (Wildman–Crippen MR) is 114 cm³/mol. The van der Waals surface area contributed by atoms with Gasteiger partial charge in [-0.25, -0.2) is 4.98 Å². The summed E-state index contributed by atoms with van der Waals surface area (Å²) in [6, 6.07) is 21.3. The largest absolute Gasteiger partial charge is 0.493 e. The highest BCUT2D eigenvalue weighted by Crippen LogP contribution is 2.47. The molecule has 6 heteroatoms. The van der Waals surface area contributed by atoms with E-state index in [2.05, 4.69) is 5.18 Å². The third-order valence-corrected chi connectivity index (χ3v) is 5.18. The van der Waals surface area contributed by atoms with Crippen molar-refractivity contribution < 1.29 is 9.47 Å². The topological polar surface area (TPSA) is 65.7 Å². The van der Waals surface area contributed by atoms with Gasteiger partial charge < -0.3 is 9.47 Å². The van der Waals surface area contributed by atoms with Crippen molar-refractivity contribution in [3.63, 3.8) is 0 Å². The minimum Gasteiger partial charge on any atom is -0.493 e. The van der Waals surface area contributed by atoms with Crippen LogP contribution in [0.15, 0.2) is 71.9 Å². The highest BCUT2D eigenvalue weighted by molar-refractivity contribution is 6.11. The summed E-state index contributed by atoms with van der Waals surface area (Å²) in [6.45, 7) is 0. The van der Waals surface area contributed by atoms with Crippen molar-refractivity contribution in [1.82, 2.24) is 9.55 Å². The number of nitrogens with zero attached hydrogens (tertiary/aromatic N) is 3. The van der Waals surface area contributed by atoms with Crippen LogP contribution in [0.4, 0.5) is 5.82 Å². The van der Waals surface area contributed by atoms with Crippen LogP contribution in [0.1, 0.15) is 0 Å². The fraction of sp³-hybridized carbons (Fsp3) is 0.0870. The summed E-state index contributed by atoms with van der Waals surface area (Å²) < 4.78 is 12.8. The first kappa shape index (κ1) is 17.2. The highest BCUT2D eigenvalue weighted by Gasteiger charge is 2.26. The fourth-order valence-electron chi connectivity index (χ4n) is 3.91. The first-order valence-corrected chi connectivity index (χ1v) is 9.14. The Hall–Kier alpha value is -3.93. The number of hydrogen-bond donors (Lipinski definition) is 0. The molecule has 0 fully saturated rings. The molecular weight excluding hydrogens is 366 g/mol. The molecule has 2 aliphatic heterocycles. The van der Waals surface area contributed by atoms with Gasteiger partial charge in [0, 0.05) is 22.5 Å². The van der Waals surface area contributed by atoms with Crippen LogP contribution in [0.2, 0.25) is 0 Å². The Kier molecular flexibility index (Phi) is 3.91. The van der Waals surface area contributed by atoms with Crippen molar-refractivity contribution in [1.29, 1.82) is 0 Å². The number of ether oxygens (including phenoxy) is 2. The summed E-state index contributed by atoms with van der Waals surface area (Å²) >= 11 is 0. The Labute approximate surface area is 166 Å². The molecule has 0 atom stereocenters. The van der Waals surface area contributed by atoms with E-state index >= 15 is 0 Å². The molecule has 0 radical (unpaired) electrons. The predicted octanol–water partition coefficient (Wildman–Crippen LogP) is 5.70. The van der Waals surface area contributed by atoms with E-state index in [9.17, 15) is 4.91 Å². The smallest absolute Gasteiger partial charge is 0.192 e. The van der Waals surface area contributed by atoms with Gasteiger partial charge in [0.2, 0.25) is 0 Å². The van der Waals surface area contributed by atoms with E-state index in [4.69, 9.17) is 14.5 Å². The zero-order valence-electron chi connectivity index (χ0n) is 15.9. The van der Waals surface area contributed by atoms with Gasteiger partial charge in [-0.3, -0.25) is 4.57 Å². The Morgan fingerprint density at radius 2 is 1.55 bits per heavy atom. The van der Waals surface area contributed by atoms with E-state index in [0.29, 0.717) is 22.9 Å². The summed E-state index contributed by atoms with van der Waals surface area (Å²) in [5, 5.41) is 5.18. The number of benzene rings is 3. The zero-order chi connectivity index (χ0) is 20.0. The van der Waals surface area contributed by atoms with Crippen LogP contribution in [0, 0.1) is 4.91 Å². The average molecular weight is 383 g/mol. The van der Waals surface area contributed by atoms with E-state index < -0.39 is 0 Å². The Morgan fingerprint density at radius 1 is 0.862 bits per heavy atom. The third kappa shape index (κ3) is 2.46. The summed E-state index contributed by atoms with van der Waals surface area (Å²) in [7, 11) is 3.17. The first-order chi connectivity index (χ1) is 14.3. The number of pyridine rings is 1. The molecule has 0 saturated carbocycles. The second-order valence-corrected chi connectivity index (χ2v) is 6.66. The van der Waals surface area contributed by atoms with Gasteiger partial charge in [-0.05, 0) is 29.4 Å². The molecule has 0 saturated heterocycles. The van der Waals surface area contributed by atoms with Crippen molar-refractivity contribution in [3.05, 3.63) is 71.6 Å². The van der Waals surface area contributed by atoms with Gasteiger partial charge in [-0.15, -0.1) is 4.91 Å². The van der Waals surface area contributed by atoms with E-state index in [1.54, 1.807) is 14.2 Å². The third-order valence-electron chi connectivity index (χ3n) is 5.18. The normalized spacial score (nSPS) is 11.2. The van der Waals surface area contributed by atoms with Crippen molar-refractivity contribution in [2.75, 3.05) is 14.2 Å². The molecule has 0 aliphatic carbocycles. The molecule has 5 rings (SSSR count). The van der Waals surface area contributed by atoms with Gasteiger partial charge in [-0.2, -0.15) is 0 Å². The molecule has 0 spiro atoms. The maximum absolute atomic E-state index is 12.1. The highest BCUT2D eigenvalue weighted by atomic mass is 16.5. The molecule has 3 aromatic carbocycles. The molecule has 29 heavy (non-hydrogen) atoms. The summed E-state index contributed by atoms with van der Waals surface area (Å²) in [5.74, 6) is 1.47. The number of para-hydroxylation sites is 2. The lowest BCUT2D eigenvalue weighted by atomic mass is 10.0. The molecule has 0 amide bonds. The molecule has 2 aliphatic rings. The number of fused-ring (bicyclic) bond motifs is 5. The fourth-order valence-corrected chi connectivity index (χ4v) is 3.91. The van der Waals surface area contributed by atoms with Crippen molar-refractivity contribution in [3.8, 4) is 28.4 Å². The molecule has 6 nitrogen and oxygen atoms in total. The Bertz CT molecular complexity index is 1340. The number of methoxy groups -OCH3 is 2.